The normalized spacial score (nSPS) is 16.5. The number of thioether (sulfide) groups is 1. The smallest absolute Gasteiger partial charge is 0.326 e. The molecule has 0 unspecified atom stereocenters. The minimum Gasteiger partial charge on any atom is -0.464 e. The molecule has 0 spiro atoms. The lowest BCUT2D eigenvalue weighted by molar-refractivity contribution is -0.147. The zero-order valence-corrected chi connectivity index (χ0v) is 15.1. The summed E-state index contributed by atoms with van der Waals surface area (Å²) in [7, 11) is 0. The second-order valence-corrected chi connectivity index (χ2v) is 7.31. The van der Waals surface area contributed by atoms with Gasteiger partial charge in [0.05, 0.1) is 11.5 Å². The molecule has 1 aliphatic heterocycles. The van der Waals surface area contributed by atoms with Gasteiger partial charge in [0.25, 0.3) is 11.1 Å². The lowest BCUT2D eigenvalue weighted by Gasteiger charge is -2.12. The van der Waals surface area contributed by atoms with Crippen molar-refractivity contribution in [3.05, 3.63) is 39.2 Å². The van der Waals surface area contributed by atoms with Crippen LogP contribution in [-0.2, 0) is 14.3 Å². The number of imide groups is 1. The molecular formula is C16H16BrNO4S. The van der Waals surface area contributed by atoms with Crippen molar-refractivity contribution in [2.45, 2.75) is 13.8 Å². The fraction of sp³-hybridized carbons (Fsp3) is 0.312. The topological polar surface area (TPSA) is 63.7 Å². The van der Waals surface area contributed by atoms with Gasteiger partial charge >= 0.3 is 5.97 Å². The van der Waals surface area contributed by atoms with Crippen LogP contribution in [0.1, 0.15) is 19.4 Å². The highest BCUT2D eigenvalue weighted by atomic mass is 79.9. The van der Waals surface area contributed by atoms with Crippen molar-refractivity contribution in [3.63, 3.8) is 0 Å². The van der Waals surface area contributed by atoms with Gasteiger partial charge in [-0.25, -0.2) is 0 Å². The zero-order valence-electron chi connectivity index (χ0n) is 12.7. The van der Waals surface area contributed by atoms with E-state index in [9.17, 15) is 14.4 Å². The number of rotatable bonds is 5. The van der Waals surface area contributed by atoms with Crippen molar-refractivity contribution in [3.8, 4) is 0 Å². The molecule has 23 heavy (non-hydrogen) atoms. The van der Waals surface area contributed by atoms with E-state index in [2.05, 4.69) is 15.9 Å². The fourth-order valence-electron chi connectivity index (χ4n) is 1.82. The molecule has 7 heteroatoms. The number of halogens is 1. The van der Waals surface area contributed by atoms with Crippen molar-refractivity contribution >= 4 is 50.9 Å². The third-order valence-electron chi connectivity index (χ3n) is 2.88. The molecule has 0 N–H and O–H groups in total. The van der Waals surface area contributed by atoms with E-state index in [0.717, 1.165) is 26.7 Å². The quantitative estimate of drug-likeness (QED) is 0.559. The van der Waals surface area contributed by atoms with Crippen molar-refractivity contribution in [2.75, 3.05) is 13.2 Å². The highest BCUT2D eigenvalue weighted by Crippen LogP contribution is 2.32. The SMILES string of the molecule is CC(C)COC(=O)CN1C(=O)S/C(=C/c2cccc(Br)c2)C1=O. The van der Waals surface area contributed by atoms with Gasteiger partial charge in [0.15, 0.2) is 0 Å². The molecule has 0 bridgehead atoms. The fourth-order valence-corrected chi connectivity index (χ4v) is 3.07. The number of benzene rings is 1. The molecular weight excluding hydrogens is 382 g/mol. The van der Waals surface area contributed by atoms with Crippen LogP contribution in [0.4, 0.5) is 4.79 Å². The average Bonchev–Trinajstić information content (AvgIpc) is 2.73. The van der Waals surface area contributed by atoms with E-state index in [1.807, 2.05) is 38.1 Å². The van der Waals surface area contributed by atoms with Crippen LogP contribution in [0.5, 0.6) is 0 Å². The summed E-state index contributed by atoms with van der Waals surface area (Å²) in [5, 5.41) is -0.460. The van der Waals surface area contributed by atoms with E-state index in [4.69, 9.17) is 4.74 Å². The molecule has 1 heterocycles. The molecule has 0 saturated carbocycles. The number of amides is 2. The van der Waals surface area contributed by atoms with Crippen molar-refractivity contribution in [2.24, 2.45) is 5.92 Å². The lowest BCUT2D eigenvalue weighted by Crippen LogP contribution is -2.34. The van der Waals surface area contributed by atoms with Crippen LogP contribution in [0.15, 0.2) is 33.6 Å². The minimum absolute atomic E-state index is 0.199. The summed E-state index contributed by atoms with van der Waals surface area (Å²) in [5.41, 5.74) is 0.798. The Morgan fingerprint density at radius 2 is 2.13 bits per heavy atom. The Bertz CT molecular complexity index is 672. The summed E-state index contributed by atoms with van der Waals surface area (Å²) in [6.45, 7) is 3.73. The summed E-state index contributed by atoms with van der Waals surface area (Å²) in [6.07, 6.45) is 1.63. The van der Waals surface area contributed by atoms with Gasteiger partial charge in [0.2, 0.25) is 0 Å². The van der Waals surface area contributed by atoms with Crippen LogP contribution in [0.3, 0.4) is 0 Å². The molecule has 2 rings (SSSR count). The van der Waals surface area contributed by atoms with E-state index >= 15 is 0 Å². The summed E-state index contributed by atoms with van der Waals surface area (Å²) in [5.74, 6) is -0.850. The maximum absolute atomic E-state index is 12.3. The molecule has 0 atom stereocenters. The Balaban J connectivity index is 2.06. The van der Waals surface area contributed by atoms with E-state index < -0.39 is 17.1 Å². The predicted molar refractivity (Wildman–Crippen MR) is 92.6 cm³/mol. The van der Waals surface area contributed by atoms with Crippen LogP contribution in [-0.4, -0.2) is 35.2 Å². The van der Waals surface area contributed by atoms with Crippen LogP contribution in [0, 0.1) is 5.92 Å². The predicted octanol–water partition coefficient (Wildman–Crippen LogP) is 3.68. The first-order valence-electron chi connectivity index (χ1n) is 7.03. The number of carbonyl (C=O) groups excluding carboxylic acids is 3. The lowest BCUT2D eigenvalue weighted by atomic mass is 10.2. The molecule has 5 nitrogen and oxygen atoms in total. The highest BCUT2D eigenvalue weighted by molar-refractivity contribution is 9.10. The van der Waals surface area contributed by atoms with Crippen LogP contribution in [0.2, 0.25) is 0 Å². The summed E-state index contributed by atoms with van der Waals surface area (Å²) >= 11 is 4.18. The first kappa shape index (κ1) is 17.7. The van der Waals surface area contributed by atoms with Gasteiger partial charge in [-0.3, -0.25) is 19.3 Å². The van der Waals surface area contributed by atoms with Gasteiger partial charge in [-0.05, 0) is 41.5 Å². The largest absolute Gasteiger partial charge is 0.464 e. The number of esters is 1. The first-order chi connectivity index (χ1) is 10.9. The van der Waals surface area contributed by atoms with Crippen molar-refractivity contribution < 1.29 is 19.1 Å². The standard InChI is InChI=1S/C16H16BrNO4S/c1-10(2)9-22-14(19)8-18-15(20)13(23-16(18)21)7-11-4-3-5-12(17)6-11/h3-7,10H,8-9H2,1-2H3/b13-7+. The van der Waals surface area contributed by atoms with E-state index in [1.165, 1.54) is 0 Å². The molecule has 0 radical (unpaired) electrons. The third-order valence-corrected chi connectivity index (χ3v) is 4.29. The van der Waals surface area contributed by atoms with Gasteiger partial charge in [0.1, 0.15) is 6.54 Å². The van der Waals surface area contributed by atoms with Crippen LogP contribution >= 0.6 is 27.7 Å². The molecule has 1 saturated heterocycles. The molecule has 2 amide bonds. The highest BCUT2D eigenvalue weighted by Gasteiger charge is 2.36. The minimum atomic E-state index is -0.579. The Labute approximate surface area is 147 Å². The molecule has 0 aromatic heterocycles. The maximum atomic E-state index is 12.3. The Morgan fingerprint density at radius 3 is 2.78 bits per heavy atom. The maximum Gasteiger partial charge on any atom is 0.326 e. The van der Waals surface area contributed by atoms with Crippen molar-refractivity contribution in [1.82, 2.24) is 4.90 Å². The molecule has 1 aromatic rings. The van der Waals surface area contributed by atoms with Crippen LogP contribution < -0.4 is 0 Å². The Morgan fingerprint density at radius 1 is 1.39 bits per heavy atom. The monoisotopic (exact) mass is 397 g/mol. The number of ether oxygens (including phenoxy) is 1. The Hall–Kier alpha value is -1.60. The number of hydrogen-bond acceptors (Lipinski definition) is 5. The van der Waals surface area contributed by atoms with E-state index in [0.29, 0.717) is 4.91 Å². The molecule has 122 valence electrons. The second kappa shape index (κ2) is 7.79. The number of nitrogens with zero attached hydrogens (tertiary/aromatic N) is 1. The number of hydrogen-bond donors (Lipinski definition) is 0. The number of carbonyl (C=O) groups is 3. The Kier molecular flexibility index (Phi) is 6.01. The van der Waals surface area contributed by atoms with Gasteiger partial charge in [-0.1, -0.05) is 41.9 Å². The summed E-state index contributed by atoms with van der Waals surface area (Å²) in [6, 6.07) is 7.37. The molecule has 1 aliphatic rings. The third kappa shape index (κ3) is 4.94. The van der Waals surface area contributed by atoms with Crippen molar-refractivity contribution in [1.29, 1.82) is 0 Å². The van der Waals surface area contributed by atoms with E-state index in [-0.39, 0.29) is 19.1 Å². The molecule has 1 aromatic carbocycles. The van der Waals surface area contributed by atoms with Crippen LogP contribution in [0.25, 0.3) is 6.08 Å². The van der Waals surface area contributed by atoms with Gasteiger partial charge in [-0.2, -0.15) is 0 Å². The van der Waals surface area contributed by atoms with Gasteiger partial charge in [0, 0.05) is 4.47 Å². The zero-order chi connectivity index (χ0) is 17.0. The van der Waals surface area contributed by atoms with E-state index in [1.54, 1.807) is 6.08 Å². The second-order valence-electron chi connectivity index (χ2n) is 5.40. The first-order valence-corrected chi connectivity index (χ1v) is 8.64. The summed E-state index contributed by atoms with van der Waals surface area (Å²) in [4.78, 5) is 37.1. The molecule has 1 fully saturated rings. The summed E-state index contributed by atoms with van der Waals surface area (Å²) < 4.78 is 5.89. The van der Waals surface area contributed by atoms with Gasteiger partial charge in [-0.15, -0.1) is 0 Å². The average molecular weight is 398 g/mol. The van der Waals surface area contributed by atoms with Gasteiger partial charge < -0.3 is 4.74 Å². The molecule has 0 aliphatic carbocycles.